The molecule has 0 aliphatic rings. The molecule has 0 aliphatic heterocycles. The van der Waals surface area contributed by atoms with E-state index in [1.54, 1.807) is 0 Å². The van der Waals surface area contributed by atoms with E-state index in [0.29, 0.717) is 0 Å². The van der Waals surface area contributed by atoms with E-state index >= 15 is 0 Å². The summed E-state index contributed by atoms with van der Waals surface area (Å²) in [6.07, 6.45) is 0. The molecule has 0 atom stereocenters. The molecule has 0 saturated heterocycles. The molecule has 0 fully saturated rings. The number of hydrogen-bond acceptors (Lipinski definition) is 6. The fraction of sp³-hybridized carbons (Fsp3) is 0.500. The molecule has 0 heterocycles. The summed E-state index contributed by atoms with van der Waals surface area (Å²) in [5.41, 5.74) is 0. The van der Waals surface area contributed by atoms with Crippen LogP contribution in [-0.4, -0.2) is 50.8 Å². The van der Waals surface area contributed by atoms with Gasteiger partial charge in [-0.15, -0.1) is 0 Å². The number of rotatable bonds is 0. The molecule has 0 unspecified atom stereocenters. The molecule has 0 aromatic carbocycles. The van der Waals surface area contributed by atoms with Gasteiger partial charge in [0.15, 0.2) is 0 Å². The van der Waals surface area contributed by atoms with E-state index < -0.39 is 17.9 Å². The van der Waals surface area contributed by atoms with Crippen molar-refractivity contribution in [2.24, 2.45) is 0 Å². The van der Waals surface area contributed by atoms with E-state index in [9.17, 15) is 0 Å². The Morgan fingerprint density at radius 2 is 0.526 bits per heavy atom. The summed E-state index contributed by atoms with van der Waals surface area (Å²) >= 11 is 0. The Bertz CT molecular complexity index is 120. The fourth-order valence-electron chi connectivity index (χ4n) is 0. The standard InChI is InChI=1S/3C2H4O2.Ho.6H2O/c3*1-2(3)4;;;;;;;/h3*1H3,(H,3,4);;6*1H2/q;;;+3;;;;;;/p-3. The first-order chi connectivity index (χ1) is 5.20. The minimum atomic E-state index is -1.08. The van der Waals surface area contributed by atoms with E-state index in [4.69, 9.17) is 29.7 Å². The van der Waals surface area contributed by atoms with Crippen LogP contribution in [0.2, 0.25) is 0 Å². The van der Waals surface area contributed by atoms with Crippen molar-refractivity contribution in [1.82, 2.24) is 0 Å². The van der Waals surface area contributed by atoms with Crippen LogP contribution < -0.4 is 15.3 Å². The molecule has 12 N–H and O–H groups in total. The van der Waals surface area contributed by atoms with Gasteiger partial charge in [0.1, 0.15) is 0 Å². The van der Waals surface area contributed by atoms with Gasteiger partial charge < -0.3 is 62.6 Å². The van der Waals surface area contributed by atoms with Crippen molar-refractivity contribution in [2.45, 2.75) is 20.8 Å². The third kappa shape index (κ3) is 12800. The number of hydrogen-bond donors (Lipinski definition) is 0. The average Bonchev–Trinajstić information content (AvgIpc) is 1.54. The molecule has 128 valence electrons. The monoisotopic (exact) mass is 450 g/mol. The molecule has 0 saturated carbocycles. The van der Waals surface area contributed by atoms with Crippen LogP contribution in [0.1, 0.15) is 20.8 Å². The van der Waals surface area contributed by atoms with Gasteiger partial charge in [-0.3, -0.25) is 0 Å². The Hall–Kier alpha value is -0.570. The Morgan fingerprint density at radius 3 is 0.526 bits per heavy atom. The Balaban J connectivity index is -0.00000000675. The van der Waals surface area contributed by atoms with Gasteiger partial charge in [0.05, 0.1) is 0 Å². The number of carbonyl (C=O) groups is 3. The van der Waals surface area contributed by atoms with E-state index in [-0.39, 0.29) is 70.6 Å². The van der Waals surface area contributed by atoms with Crippen LogP contribution in [0.4, 0.5) is 0 Å². The predicted molar refractivity (Wildman–Crippen MR) is 53.7 cm³/mol. The number of carboxylic acids is 3. The van der Waals surface area contributed by atoms with Gasteiger partial charge in [0, 0.05) is 17.9 Å². The molecular weight excluding hydrogens is 429 g/mol. The third-order valence-electron chi connectivity index (χ3n) is 0. The Morgan fingerprint density at radius 1 is 0.526 bits per heavy atom. The second-order valence-electron chi connectivity index (χ2n) is 1.47. The summed E-state index contributed by atoms with van der Waals surface area (Å²) in [4.78, 5) is 26.7. The zero-order valence-corrected chi connectivity index (χ0v) is 12.2. The minimum Gasteiger partial charge on any atom is -0.550 e. The molecule has 0 amide bonds. The molecule has 0 spiro atoms. The van der Waals surface area contributed by atoms with Gasteiger partial charge in [0.2, 0.25) is 0 Å². The van der Waals surface area contributed by atoms with E-state index in [1.165, 1.54) is 0 Å². The molecule has 13 heteroatoms. The van der Waals surface area contributed by atoms with Crippen LogP contribution in [0, 0.1) is 37.7 Å². The smallest absolute Gasteiger partial charge is 0.550 e. The molecule has 0 rings (SSSR count). The van der Waals surface area contributed by atoms with Gasteiger partial charge in [-0.1, -0.05) is 0 Å². The number of carbonyl (C=O) groups excluding carboxylic acids is 3. The third-order valence-corrected chi connectivity index (χ3v) is 0. The first kappa shape index (κ1) is 78.8. The van der Waals surface area contributed by atoms with Crippen molar-refractivity contribution in [3.8, 4) is 0 Å². The number of carboxylic acid groups (broad SMARTS) is 3. The molecule has 0 aliphatic carbocycles. The summed E-state index contributed by atoms with van der Waals surface area (Å²) in [6.45, 7) is 2.92. The zero-order chi connectivity index (χ0) is 10.7. The normalized spacial score (nSPS) is 3.95. The van der Waals surface area contributed by atoms with Crippen LogP contribution in [-0.2, 0) is 14.4 Å². The largest absolute Gasteiger partial charge is 3.00 e. The quantitative estimate of drug-likeness (QED) is 0.322. The molecule has 19 heavy (non-hydrogen) atoms. The molecule has 0 radical (unpaired) electrons. The summed E-state index contributed by atoms with van der Waals surface area (Å²) in [7, 11) is 0. The van der Waals surface area contributed by atoms with Crippen molar-refractivity contribution < 1.29 is 100 Å². The second-order valence-corrected chi connectivity index (χ2v) is 1.47. The van der Waals surface area contributed by atoms with Crippen molar-refractivity contribution in [3.05, 3.63) is 0 Å². The summed E-state index contributed by atoms with van der Waals surface area (Å²) < 4.78 is 0. The van der Waals surface area contributed by atoms with E-state index in [2.05, 4.69) is 0 Å². The minimum absolute atomic E-state index is 0. The SMILES string of the molecule is CC(=O)[O-].CC(=O)[O-].CC(=O)[O-].O.O.O.O.O.O.[Ho+3]. The maximum Gasteiger partial charge on any atom is 3.00 e. The predicted octanol–water partition coefficient (Wildman–Crippen LogP) is -8.68. The maximum absolute atomic E-state index is 8.89. The van der Waals surface area contributed by atoms with Gasteiger partial charge in [-0.25, -0.2) is 0 Å². The average molecular weight is 450 g/mol. The first-order valence-electron chi connectivity index (χ1n) is 2.72. The summed E-state index contributed by atoms with van der Waals surface area (Å²) in [5.74, 6) is -3.25. The maximum atomic E-state index is 8.89. The zero-order valence-electron chi connectivity index (χ0n) is 10.3. The first-order valence-corrected chi connectivity index (χ1v) is 2.72. The van der Waals surface area contributed by atoms with Crippen molar-refractivity contribution in [1.29, 1.82) is 0 Å². The molecule has 0 aromatic rings. The van der Waals surface area contributed by atoms with Crippen LogP contribution in [0.3, 0.4) is 0 Å². The van der Waals surface area contributed by atoms with E-state index in [0.717, 1.165) is 20.8 Å². The van der Waals surface area contributed by atoms with Crippen LogP contribution in [0.5, 0.6) is 0 Å². The van der Waals surface area contributed by atoms with Crippen LogP contribution >= 0.6 is 0 Å². The molecule has 0 aromatic heterocycles. The fourth-order valence-corrected chi connectivity index (χ4v) is 0. The van der Waals surface area contributed by atoms with Crippen molar-refractivity contribution >= 4 is 17.9 Å². The van der Waals surface area contributed by atoms with Crippen molar-refractivity contribution in [3.63, 3.8) is 0 Å². The van der Waals surface area contributed by atoms with E-state index in [1.807, 2.05) is 0 Å². The van der Waals surface area contributed by atoms with Crippen LogP contribution in [0.15, 0.2) is 0 Å². The Labute approximate surface area is 138 Å². The van der Waals surface area contributed by atoms with Gasteiger partial charge in [-0.05, 0) is 20.8 Å². The molecule has 0 bridgehead atoms. The van der Waals surface area contributed by atoms with Crippen molar-refractivity contribution in [2.75, 3.05) is 0 Å². The molecular formula is C6H21HoO12. The van der Waals surface area contributed by atoms with Gasteiger partial charge in [-0.2, -0.15) is 0 Å². The van der Waals surface area contributed by atoms with Gasteiger partial charge >= 0.3 is 37.7 Å². The number of aliphatic carboxylic acids is 3. The topological polar surface area (TPSA) is 309 Å². The van der Waals surface area contributed by atoms with Crippen LogP contribution in [0.25, 0.3) is 0 Å². The van der Waals surface area contributed by atoms with Gasteiger partial charge in [0.25, 0.3) is 0 Å². The summed E-state index contributed by atoms with van der Waals surface area (Å²) in [6, 6.07) is 0. The summed E-state index contributed by atoms with van der Waals surface area (Å²) in [5, 5.41) is 26.7. The Kier molecular flexibility index (Phi) is 275. The second kappa shape index (κ2) is 66.2. The molecule has 12 nitrogen and oxygen atoms in total.